The van der Waals surface area contributed by atoms with E-state index in [-0.39, 0.29) is 36.2 Å². The molecule has 4 saturated carbocycles. The first kappa shape index (κ1) is 26.9. The number of hydrazone groups is 1. The van der Waals surface area contributed by atoms with Crippen LogP contribution in [0.1, 0.15) is 101 Å². The van der Waals surface area contributed by atoms with E-state index < -0.39 is 16.9 Å². The van der Waals surface area contributed by atoms with E-state index in [9.17, 15) is 9.90 Å². The molecule has 4 fully saturated rings. The number of halogens is 2. The number of carbonyl (C=O) groups is 1. The van der Waals surface area contributed by atoms with Crippen molar-refractivity contribution in [2.24, 2.45) is 22.4 Å². The molecule has 0 spiro atoms. The third-order valence-corrected chi connectivity index (χ3v) is 11.2. The summed E-state index contributed by atoms with van der Waals surface area (Å²) in [5.41, 5.74) is 6.73. The van der Waals surface area contributed by atoms with Gasteiger partial charge in [0.15, 0.2) is 0 Å². The van der Waals surface area contributed by atoms with Crippen LogP contribution in [0, 0.1) is 29.6 Å². The second kappa shape index (κ2) is 9.52. The van der Waals surface area contributed by atoms with Crippen molar-refractivity contribution >= 4 is 11.7 Å². The largest absolute Gasteiger partial charge is 0.382 e. The van der Waals surface area contributed by atoms with Gasteiger partial charge in [-0.05, 0) is 123 Å². The molecule has 0 heterocycles. The van der Waals surface area contributed by atoms with E-state index in [1.165, 1.54) is 35.1 Å². The highest BCUT2D eigenvalue weighted by atomic mass is 19.3. The number of rotatable bonds is 5. The number of hydrogen-bond donors (Lipinski definition) is 3. The lowest BCUT2D eigenvalue weighted by Crippen LogP contribution is -2.60. The summed E-state index contributed by atoms with van der Waals surface area (Å²) in [6, 6.07) is 8.81. The zero-order valence-corrected chi connectivity index (χ0v) is 23.7. The van der Waals surface area contributed by atoms with Crippen LogP contribution < -0.4 is 10.7 Å². The monoisotopic (exact) mass is 559 g/mol. The van der Waals surface area contributed by atoms with Crippen molar-refractivity contribution in [1.29, 1.82) is 0 Å². The van der Waals surface area contributed by atoms with Crippen LogP contribution in [0.3, 0.4) is 0 Å². The standard InChI is InChI=1S/C34H39F2N3O2/c1-3-34(35,36)33(41)17-16-29-27-14-10-23-18-25(38-39-31(40)37-24-11-12-24)13-15-26(23)30(27)28(19-32(29,33)2)22-8-6-21(7-9-22)20-4-5-20/h1,6-9,18,20,24,27-29,41H,4-5,10-17,19H2,2H3,(H2,37,39,40)/t27-,28+,29-,32-,33-/m0/s1. The smallest absolute Gasteiger partial charge is 0.336 e. The fourth-order valence-corrected chi connectivity index (χ4v) is 8.68. The molecule has 216 valence electrons. The Morgan fingerprint density at radius 3 is 2.49 bits per heavy atom. The molecule has 1 aromatic rings. The fraction of sp³-hybridized carbons (Fsp3) is 0.588. The number of amides is 2. The summed E-state index contributed by atoms with van der Waals surface area (Å²) in [6.45, 7) is 1.87. The molecule has 5 nitrogen and oxygen atoms in total. The molecule has 1 aromatic carbocycles. The Morgan fingerprint density at radius 2 is 1.80 bits per heavy atom. The van der Waals surface area contributed by atoms with Gasteiger partial charge in [-0.3, -0.25) is 0 Å². The number of allylic oxidation sites excluding steroid dienone is 4. The van der Waals surface area contributed by atoms with Gasteiger partial charge in [0.25, 0.3) is 0 Å². The third kappa shape index (κ3) is 4.36. The number of nitrogens with one attached hydrogen (secondary N) is 2. The molecular weight excluding hydrogens is 520 g/mol. The number of terminal acetylenes is 1. The molecule has 0 unspecified atom stereocenters. The second-order valence-corrected chi connectivity index (χ2v) is 13.6. The number of alkyl halides is 2. The minimum absolute atomic E-state index is 0.0198. The summed E-state index contributed by atoms with van der Waals surface area (Å²) in [5, 5.41) is 19.0. The Bertz CT molecular complexity index is 1400. The number of urea groups is 1. The summed E-state index contributed by atoms with van der Waals surface area (Å²) in [4.78, 5) is 12.1. The van der Waals surface area contributed by atoms with E-state index in [4.69, 9.17) is 6.42 Å². The van der Waals surface area contributed by atoms with Gasteiger partial charge in [-0.2, -0.15) is 13.9 Å². The molecule has 41 heavy (non-hydrogen) atoms. The van der Waals surface area contributed by atoms with Crippen molar-refractivity contribution < 1.29 is 18.7 Å². The minimum Gasteiger partial charge on any atom is -0.382 e. The highest BCUT2D eigenvalue weighted by Crippen LogP contribution is 2.69. The van der Waals surface area contributed by atoms with Crippen LogP contribution in [0.25, 0.3) is 0 Å². The average molecular weight is 560 g/mol. The van der Waals surface area contributed by atoms with Gasteiger partial charge in [0.05, 0.1) is 5.71 Å². The van der Waals surface area contributed by atoms with Crippen LogP contribution >= 0.6 is 0 Å². The highest BCUT2D eigenvalue weighted by Gasteiger charge is 2.71. The van der Waals surface area contributed by atoms with Crippen molar-refractivity contribution in [3.63, 3.8) is 0 Å². The van der Waals surface area contributed by atoms with Gasteiger partial charge in [-0.25, -0.2) is 10.2 Å². The second-order valence-electron chi connectivity index (χ2n) is 13.6. The van der Waals surface area contributed by atoms with E-state index in [0.717, 1.165) is 43.4 Å². The highest BCUT2D eigenvalue weighted by molar-refractivity contribution is 5.98. The Hall–Kier alpha value is -2.98. The predicted molar refractivity (Wildman–Crippen MR) is 155 cm³/mol. The zero-order valence-electron chi connectivity index (χ0n) is 23.7. The molecular formula is C34H39F2N3O2. The maximum Gasteiger partial charge on any atom is 0.336 e. The van der Waals surface area contributed by atoms with E-state index in [1.807, 2.05) is 6.92 Å². The van der Waals surface area contributed by atoms with Crippen molar-refractivity contribution in [3.05, 3.63) is 58.2 Å². The summed E-state index contributed by atoms with van der Waals surface area (Å²) < 4.78 is 30.6. The average Bonchev–Trinajstić information content (AvgIpc) is 3.91. The number of aliphatic hydroxyl groups is 1. The molecule has 0 aliphatic heterocycles. The van der Waals surface area contributed by atoms with Crippen LogP contribution in [0.5, 0.6) is 0 Å². The van der Waals surface area contributed by atoms with Crippen molar-refractivity contribution in [2.75, 3.05) is 0 Å². The van der Waals surface area contributed by atoms with Crippen LogP contribution in [0.15, 0.2) is 52.2 Å². The zero-order chi connectivity index (χ0) is 28.6. The maximum atomic E-state index is 15.3. The van der Waals surface area contributed by atoms with Gasteiger partial charge < -0.3 is 10.4 Å². The molecule has 7 heteroatoms. The van der Waals surface area contributed by atoms with Crippen molar-refractivity contribution in [3.8, 4) is 12.3 Å². The van der Waals surface area contributed by atoms with Gasteiger partial charge in [-0.15, -0.1) is 6.42 Å². The molecule has 6 aliphatic rings. The van der Waals surface area contributed by atoms with Gasteiger partial charge in [0.2, 0.25) is 0 Å². The topological polar surface area (TPSA) is 73.7 Å². The Kier molecular flexibility index (Phi) is 6.25. The first-order chi connectivity index (χ1) is 19.6. The predicted octanol–water partition coefficient (Wildman–Crippen LogP) is 6.71. The SMILES string of the molecule is C#CC(F)(F)[C@]1(O)CC[C@H]2[C@@H]3CCC4=CC(=NNC(=O)NC5CC5)CCC4=C3[C@@H](c3ccc(C4CC4)cc3)C[C@@]21C. The summed E-state index contributed by atoms with van der Waals surface area (Å²) in [7, 11) is 0. The Labute approximate surface area is 240 Å². The number of fused-ring (bicyclic) bond motifs is 4. The van der Waals surface area contributed by atoms with Crippen LogP contribution in [0.2, 0.25) is 0 Å². The normalized spacial score (nSPS) is 35.6. The van der Waals surface area contributed by atoms with Crippen LogP contribution in [-0.4, -0.2) is 34.4 Å². The lowest BCUT2D eigenvalue weighted by Gasteiger charge is -2.55. The molecule has 5 atom stereocenters. The van der Waals surface area contributed by atoms with Gasteiger partial charge >= 0.3 is 12.0 Å². The molecule has 7 rings (SSSR count). The van der Waals surface area contributed by atoms with E-state index in [2.05, 4.69) is 46.2 Å². The maximum absolute atomic E-state index is 15.3. The summed E-state index contributed by atoms with van der Waals surface area (Å²) in [5.74, 6) is -1.27. The van der Waals surface area contributed by atoms with E-state index in [1.54, 1.807) is 5.92 Å². The summed E-state index contributed by atoms with van der Waals surface area (Å²) in [6.07, 6.45) is 16.2. The lowest BCUT2D eigenvalue weighted by atomic mass is 9.50. The molecule has 2 amide bonds. The molecule has 3 N–H and O–H groups in total. The minimum atomic E-state index is -3.59. The third-order valence-electron chi connectivity index (χ3n) is 11.2. The first-order valence-corrected chi connectivity index (χ1v) is 15.4. The van der Waals surface area contributed by atoms with Gasteiger partial charge in [0.1, 0.15) is 5.60 Å². The Morgan fingerprint density at radius 1 is 1.07 bits per heavy atom. The molecule has 0 saturated heterocycles. The Balaban J connectivity index is 1.27. The van der Waals surface area contributed by atoms with Crippen LogP contribution in [0.4, 0.5) is 13.6 Å². The number of nitrogens with zero attached hydrogens (tertiary/aromatic N) is 1. The number of carbonyl (C=O) groups excluding carboxylic acids is 1. The van der Waals surface area contributed by atoms with Crippen molar-refractivity contribution in [1.82, 2.24) is 10.7 Å². The number of benzene rings is 1. The molecule has 0 radical (unpaired) electrons. The van der Waals surface area contributed by atoms with E-state index in [0.29, 0.717) is 25.2 Å². The van der Waals surface area contributed by atoms with Gasteiger partial charge in [-0.1, -0.05) is 36.8 Å². The lowest BCUT2D eigenvalue weighted by molar-refractivity contribution is -0.209. The summed E-state index contributed by atoms with van der Waals surface area (Å²) >= 11 is 0. The molecule has 0 bridgehead atoms. The quantitative estimate of drug-likeness (QED) is 0.277. The van der Waals surface area contributed by atoms with Crippen molar-refractivity contribution in [2.45, 2.75) is 107 Å². The van der Waals surface area contributed by atoms with Gasteiger partial charge in [0, 0.05) is 17.4 Å². The fourth-order valence-electron chi connectivity index (χ4n) is 8.68. The molecule has 6 aliphatic carbocycles. The van der Waals surface area contributed by atoms with E-state index >= 15 is 8.78 Å². The van der Waals surface area contributed by atoms with Crippen LogP contribution in [-0.2, 0) is 0 Å². The first-order valence-electron chi connectivity index (χ1n) is 15.4. The molecule has 0 aromatic heterocycles. The number of hydrogen-bond acceptors (Lipinski definition) is 3.